The summed E-state index contributed by atoms with van der Waals surface area (Å²) in [5.41, 5.74) is 3.72. The smallest absolute Gasteiger partial charge is 0.130 e. The van der Waals surface area contributed by atoms with Gasteiger partial charge in [0.1, 0.15) is 11.6 Å². The van der Waals surface area contributed by atoms with Crippen molar-refractivity contribution in [2.24, 2.45) is 0 Å². The highest BCUT2D eigenvalue weighted by molar-refractivity contribution is 9.09. The lowest BCUT2D eigenvalue weighted by molar-refractivity contribution is 0.574. The highest BCUT2D eigenvalue weighted by Crippen LogP contribution is 2.35. The van der Waals surface area contributed by atoms with E-state index in [4.69, 9.17) is 0 Å². The van der Waals surface area contributed by atoms with Crippen LogP contribution in [0.5, 0.6) is 0 Å². The molecule has 94 valence electrons. The summed E-state index contributed by atoms with van der Waals surface area (Å²) in [7, 11) is 0. The van der Waals surface area contributed by atoms with Gasteiger partial charge in [-0.15, -0.1) is 0 Å². The third-order valence-corrected chi connectivity index (χ3v) is 4.14. The first-order valence-corrected chi connectivity index (χ1v) is 6.57. The summed E-state index contributed by atoms with van der Waals surface area (Å²) in [6, 6.07) is 9.57. The van der Waals surface area contributed by atoms with Crippen molar-refractivity contribution in [1.82, 2.24) is 0 Å². The van der Waals surface area contributed by atoms with Crippen LogP contribution in [0.25, 0.3) is 0 Å². The summed E-state index contributed by atoms with van der Waals surface area (Å²) in [4.78, 5) is -0.266. The van der Waals surface area contributed by atoms with Crippen LogP contribution >= 0.6 is 15.9 Å². The molecule has 0 aliphatic heterocycles. The molecule has 1 unspecified atom stereocenters. The number of benzene rings is 2. The minimum absolute atomic E-state index is 0.266. The van der Waals surface area contributed by atoms with Crippen molar-refractivity contribution in [3.8, 4) is 0 Å². The van der Waals surface area contributed by atoms with Crippen LogP contribution < -0.4 is 0 Å². The highest BCUT2D eigenvalue weighted by atomic mass is 79.9. The van der Waals surface area contributed by atoms with Crippen LogP contribution in [0.3, 0.4) is 0 Å². The molecule has 0 saturated carbocycles. The first kappa shape index (κ1) is 13.2. The van der Waals surface area contributed by atoms with Gasteiger partial charge >= 0.3 is 0 Å². The van der Waals surface area contributed by atoms with Crippen LogP contribution in [0.1, 0.15) is 27.1 Å². The molecule has 2 aromatic carbocycles. The molecule has 0 amide bonds. The Morgan fingerprint density at radius 1 is 1.00 bits per heavy atom. The minimum Gasteiger partial charge on any atom is -0.207 e. The third-order valence-electron chi connectivity index (χ3n) is 3.16. The second kappa shape index (κ2) is 5.19. The Balaban J connectivity index is 2.48. The maximum atomic E-state index is 13.7. The molecule has 0 heterocycles. The van der Waals surface area contributed by atoms with Gasteiger partial charge in [-0.2, -0.15) is 0 Å². The van der Waals surface area contributed by atoms with E-state index in [1.54, 1.807) is 0 Å². The van der Waals surface area contributed by atoms with Gasteiger partial charge in [0.2, 0.25) is 0 Å². The average Bonchev–Trinajstić information content (AvgIpc) is 2.32. The lowest BCUT2D eigenvalue weighted by Gasteiger charge is -2.15. The van der Waals surface area contributed by atoms with Crippen molar-refractivity contribution in [2.75, 3.05) is 0 Å². The summed E-state index contributed by atoms with van der Waals surface area (Å²) in [6.07, 6.45) is 0. The molecule has 0 N–H and O–H groups in total. The van der Waals surface area contributed by atoms with Crippen molar-refractivity contribution >= 4 is 15.9 Å². The summed E-state index contributed by atoms with van der Waals surface area (Å²) in [6.45, 7) is 4.01. The highest BCUT2D eigenvalue weighted by Gasteiger charge is 2.17. The van der Waals surface area contributed by atoms with E-state index in [2.05, 4.69) is 15.9 Å². The quantitative estimate of drug-likeness (QED) is 0.680. The Kier molecular flexibility index (Phi) is 3.81. The molecule has 0 aromatic heterocycles. The van der Waals surface area contributed by atoms with Gasteiger partial charge in [0.05, 0.1) is 4.83 Å². The molecule has 0 fully saturated rings. The van der Waals surface area contributed by atoms with Gasteiger partial charge in [0.25, 0.3) is 0 Å². The zero-order valence-electron chi connectivity index (χ0n) is 10.2. The molecule has 0 saturated heterocycles. The van der Waals surface area contributed by atoms with E-state index in [1.165, 1.54) is 12.1 Å². The lowest BCUT2D eigenvalue weighted by Crippen LogP contribution is -2.00. The van der Waals surface area contributed by atoms with Crippen molar-refractivity contribution in [3.63, 3.8) is 0 Å². The minimum atomic E-state index is -0.558. The van der Waals surface area contributed by atoms with Gasteiger partial charge in [-0.05, 0) is 36.6 Å². The Bertz CT molecular complexity index is 579. The van der Waals surface area contributed by atoms with Crippen LogP contribution in [0.4, 0.5) is 8.78 Å². The SMILES string of the molecule is Cc1cccc(C(Br)c2ccc(F)cc2F)c1C. The Labute approximate surface area is 114 Å². The monoisotopic (exact) mass is 310 g/mol. The van der Waals surface area contributed by atoms with Gasteiger partial charge in [-0.3, -0.25) is 0 Å². The van der Waals surface area contributed by atoms with Gasteiger partial charge in [0, 0.05) is 11.6 Å². The fraction of sp³-hybridized carbons (Fsp3) is 0.200. The first-order valence-electron chi connectivity index (χ1n) is 5.66. The third kappa shape index (κ3) is 2.46. The van der Waals surface area contributed by atoms with Crippen LogP contribution in [0.15, 0.2) is 36.4 Å². The predicted molar refractivity (Wildman–Crippen MR) is 73.0 cm³/mol. The number of halogens is 3. The Morgan fingerprint density at radius 2 is 1.72 bits per heavy atom. The molecule has 0 nitrogen and oxygen atoms in total. The van der Waals surface area contributed by atoms with Gasteiger partial charge in [-0.25, -0.2) is 8.78 Å². The number of hydrogen-bond acceptors (Lipinski definition) is 0. The van der Waals surface area contributed by atoms with Crippen molar-refractivity contribution < 1.29 is 8.78 Å². The van der Waals surface area contributed by atoms with Gasteiger partial charge < -0.3 is 0 Å². The van der Waals surface area contributed by atoms with Crippen molar-refractivity contribution in [3.05, 3.63) is 70.3 Å². The second-order valence-electron chi connectivity index (χ2n) is 4.32. The second-order valence-corrected chi connectivity index (χ2v) is 5.23. The molecule has 0 spiro atoms. The maximum Gasteiger partial charge on any atom is 0.130 e. The molecule has 0 bridgehead atoms. The number of aryl methyl sites for hydroxylation is 1. The number of rotatable bonds is 2. The molecule has 0 radical (unpaired) electrons. The molecule has 2 aromatic rings. The summed E-state index contributed by atoms with van der Waals surface area (Å²) in [5, 5.41) is 0. The van der Waals surface area contributed by atoms with Crippen molar-refractivity contribution in [1.29, 1.82) is 0 Å². The van der Waals surface area contributed by atoms with E-state index in [1.807, 2.05) is 32.0 Å². The molecule has 0 aliphatic rings. The number of hydrogen-bond donors (Lipinski definition) is 0. The fourth-order valence-corrected chi connectivity index (χ4v) is 2.79. The van der Waals surface area contributed by atoms with Crippen molar-refractivity contribution in [2.45, 2.75) is 18.7 Å². The van der Waals surface area contributed by atoms with Gasteiger partial charge in [-0.1, -0.05) is 40.2 Å². The Hall–Kier alpha value is -1.22. The summed E-state index contributed by atoms with van der Waals surface area (Å²) >= 11 is 3.49. The van der Waals surface area contributed by atoms with E-state index >= 15 is 0 Å². The molecular weight excluding hydrogens is 298 g/mol. The van der Waals surface area contributed by atoms with Crippen LogP contribution in [0.2, 0.25) is 0 Å². The van der Waals surface area contributed by atoms with Gasteiger partial charge in [0.15, 0.2) is 0 Å². The molecule has 1 atom stereocenters. The summed E-state index contributed by atoms with van der Waals surface area (Å²) < 4.78 is 26.7. The largest absolute Gasteiger partial charge is 0.207 e. The van der Waals surface area contributed by atoms with E-state index < -0.39 is 11.6 Å². The Morgan fingerprint density at radius 3 is 2.39 bits per heavy atom. The topological polar surface area (TPSA) is 0 Å². The van der Waals surface area contributed by atoms with E-state index in [0.29, 0.717) is 5.56 Å². The average molecular weight is 311 g/mol. The zero-order valence-corrected chi connectivity index (χ0v) is 11.8. The summed E-state index contributed by atoms with van der Waals surface area (Å²) in [5.74, 6) is -1.09. The standard InChI is InChI=1S/C15H13BrF2/c1-9-4-3-5-12(10(9)2)15(16)13-7-6-11(17)8-14(13)18/h3-8,15H,1-2H3. The normalized spacial score (nSPS) is 12.5. The predicted octanol–water partition coefficient (Wildman–Crippen LogP) is 5.07. The molecular formula is C15H13BrF2. The fourth-order valence-electron chi connectivity index (χ4n) is 1.92. The van der Waals surface area contributed by atoms with E-state index in [0.717, 1.165) is 22.8 Å². The van der Waals surface area contributed by atoms with E-state index in [9.17, 15) is 8.78 Å². The molecule has 0 aliphatic carbocycles. The zero-order chi connectivity index (χ0) is 13.3. The van der Waals surface area contributed by atoms with Crippen LogP contribution in [-0.4, -0.2) is 0 Å². The van der Waals surface area contributed by atoms with E-state index in [-0.39, 0.29) is 4.83 Å². The number of alkyl halides is 1. The van der Waals surface area contributed by atoms with Crippen LogP contribution in [0, 0.1) is 25.5 Å². The molecule has 2 rings (SSSR count). The molecule has 3 heteroatoms. The first-order chi connectivity index (χ1) is 8.50. The maximum absolute atomic E-state index is 13.7. The van der Waals surface area contributed by atoms with Crippen LogP contribution in [-0.2, 0) is 0 Å². The lowest BCUT2D eigenvalue weighted by atomic mass is 9.97. The molecule has 18 heavy (non-hydrogen) atoms.